The fourth-order valence-corrected chi connectivity index (χ4v) is 4.53. The molecule has 0 saturated carbocycles. The normalized spacial score (nSPS) is 15.1. The summed E-state index contributed by atoms with van der Waals surface area (Å²) in [5, 5.41) is 9.82. The van der Waals surface area contributed by atoms with Gasteiger partial charge in [-0.05, 0) is 62.7 Å². The van der Waals surface area contributed by atoms with Gasteiger partial charge in [-0.15, -0.1) is 10.2 Å². The van der Waals surface area contributed by atoms with Gasteiger partial charge in [0.1, 0.15) is 5.82 Å². The maximum atomic E-state index is 13.5. The third-order valence-corrected chi connectivity index (χ3v) is 6.05. The number of aryl methyl sites for hydroxylation is 1. The lowest BCUT2D eigenvalue weighted by atomic mass is 10.1. The molecule has 4 rings (SSSR count). The van der Waals surface area contributed by atoms with Gasteiger partial charge in [0.05, 0.1) is 6.54 Å². The van der Waals surface area contributed by atoms with Crippen molar-refractivity contribution in [2.45, 2.75) is 43.6 Å². The largest absolute Gasteiger partial charge is 0.296 e. The van der Waals surface area contributed by atoms with Crippen LogP contribution in [0.15, 0.2) is 53.7 Å². The van der Waals surface area contributed by atoms with Gasteiger partial charge in [0.25, 0.3) is 0 Å². The fourth-order valence-electron chi connectivity index (χ4n) is 3.61. The first-order valence-electron chi connectivity index (χ1n) is 9.80. The molecule has 4 nitrogen and oxygen atoms in total. The van der Waals surface area contributed by atoms with Crippen molar-refractivity contribution in [2.75, 3.05) is 13.1 Å². The zero-order valence-corrected chi connectivity index (χ0v) is 17.0. The predicted octanol–water partition coefficient (Wildman–Crippen LogP) is 4.99. The molecule has 1 aliphatic rings. The molecule has 146 valence electrons. The summed E-state index contributed by atoms with van der Waals surface area (Å²) in [4.78, 5) is 2.43. The highest BCUT2D eigenvalue weighted by Crippen LogP contribution is 2.26. The predicted molar refractivity (Wildman–Crippen MR) is 111 cm³/mol. The second-order valence-electron chi connectivity index (χ2n) is 7.33. The van der Waals surface area contributed by atoms with E-state index in [-0.39, 0.29) is 5.82 Å². The van der Waals surface area contributed by atoms with Crippen LogP contribution in [-0.2, 0) is 12.3 Å². The summed E-state index contributed by atoms with van der Waals surface area (Å²) in [6.45, 7) is 5.07. The van der Waals surface area contributed by atoms with E-state index in [1.165, 1.54) is 42.5 Å². The lowest BCUT2D eigenvalue weighted by Gasteiger charge is -2.26. The van der Waals surface area contributed by atoms with Crippen molar-refractivity contribution in [1.82, 2.24) is 19.7 Å². The molecule has 1 fully saturated rings. The second-order valence-corrected chi connectivity index (χ2v) is 8.27. The number of hydrogen-bond acceptors (Lipinski definition) is 4. The Bertz CT molecular complexity index is 917. The SMILES string of the molecule is Cc1cccc(CSc2nnc(CN3CCCCC3)n2-c2ccc(F)cc2)c1. The number of nitrogens with zero attached hydrogens (tertiary/aromatic N) is 4. The minimum atomic E-state index is -0.233. The second kappa shape index (κ2) is 8.88. The Morgan fingerprint density at radius 3 is 2.54 bits per heavy atom. The third kappa shape index (κ3) is 4.62. The first-order chi connectivity index (χ1) is 13.7. The molecule has 3 aromatic rings. The van der Waals surface area contributed by atoms with Crippen molar-refractivity contribution in [3.63, 3.8) is 0 Å². The van der Waals surface area contributed by atoms with Gasteiger partial charge in [-0.3, -0.25) is 9.47 Å². The monoisotopic (exact) mass is 396 g/mol. The lowest BCUT2D eigenvalue weighted by molar-refractivity contribution is 0.214. The van der Waals surface area contributed by atoms with Crippen molar-refractivity contribution < 1.29 is 4.39 Å². The fraction of sp³-hybridized carbons (Fsp3) is 0.364. The molecule has 0 radical (unpaired) electrons. The minimum absolute atomic E-state index is 0.233. The van der Waals surface area contributed by atoms with Gasteiger partial charge in [-0.2, -0.15) is 0 Å². The standard InChI is InChI=1S/C22H25FN4S/c1-17-6-5-7-18(14-17)16-28-22-25-24-21(15-26-12-3-2-4-13-26)27(22)20-10-8-19(23)9-11-20/h5-11,14H,2-4,12-13,15-16H2,1H3. The van der Waals surface area contributed by atoms with Crippen molar-refractivity contribution in [2.24, 2.45) is 0 Å². The van der Waals surface area contributed by atoms with E-state index in [4.69, 9.17) is 0 Å². The Morgan fingerprint density at radius 1 is 1.00 bits per heavy atom. The van der Waals surface area contributed by atoms with Crippen molar-refractivity contribution >= 4 is 11.8 Å². The van der Waals surface area contributed by atoms with Crippen LogP contribution in [0.2, 0.25) is 0 Å². The van der Waals surface area contributed by atoms with Crippen LogP contribution in [0.4, 0.5) is 4.39 Å². The summed E-state index contributed by atoms with van der Waals surface area (Å²) >= 11 is 1.67. The van der Waals surface area contributed by atoms with E-state index in [1.54, 1.807) is 23.9 Å². The van der Waals surface area contributed by atoms with Crippen LogP contribution in [-0.4, -0.2) is 32.8 Å². The Balaban J connectivity index is 1.60. The van der Waals surface area contributed by atoms with E-state index in [9.17, 15) is 4.39 Å². The van der Waals surface area contributed by atoms with E-state index >= 15 is 0 Å². The van der Waals surface area contributed by atoms with Crippen molar-refractivity contribution in [3.05, 3.63) is 71.3 Å². The average Bonchev–Trinajstić information content (AvgIpc) is 3.10. The lowest BCUT2D eigenvalue weighted by Crippen LogP contribution is -2.30. The van der Waals surface area contributed by atoms with Gasteiger partial charge in [0.15, 0.2) is 11.0 Å². The van der Waals surface area contributed by atoms with E-state index in [0.717, 1.165) is 42.1 Å². The molecule has 0 N–H and O–H groups in total. The number of halogens is 1. The van der Waals surface area contributed by atoms with E-state index in [2.05, 4.69) is 50.9 Å². The molecule has 6 heteroatoms. The number of hydrogen-bond donors (Lipinski definition) is 0. The molecular formula is C22H25FN4S. The van der Waals surface area contributed by atoms with Gasteiger partial charge in [0.2, 0.25) is 0 Å². The summed E-state index contributed by atoms with van der Waals surface area (Å²) < 4.78 is 15.5. The van der Waals surface area contributed by atoms with Crippen LogP contribution in [0, 0.1) is 12.7 Å². The molecule has 2 aromatic carbocycles. The first kappa shape index (κ1) is 19.2. The summed E-state index contributed by atoms with van der Waals surface area (Å²) in [5.41, 5.74) is 3.42. The highest BCUT2D eigenvalue weighted by molar-refractivity contribution is 7.98. The molecule has 1 aromatic heterocycles. The number of rotatable bonds is 6. The summed E-state index contributed by atoms with van der Waals surface area (Å²) in [5.74, 6) is 1.51. The topological polar surface area (TPSA) is 34.0 Å². The van der Waals surface area contributed by atoms with E-state index in [0.29, 0.717) is 0 Å². The summed E-state index contributed by atoms with van der Waals surface area (Å²) in [6, 6.07) is 15.1. The van der Waals surface area contributed by atoms with Gasteiger partial charge >= 0.3 is 0 Å². The molecule has 1 saturated heterocycles. The zero-order valence-electron chi connectivity index (χ0n) is 16.1. The van der Waals surface area contributed by atoms with Gasteiger partial charge in [0, 0.05) is 11.4 Å². The van der Waals surface area contributed by atoms with Crippen LogP contribution in [0.5, 0.6) is 0 Å². The third-order valence-electron chi connectivity index (χ3n) is 5.05. The Labute approximate surface area is 169 Å². The van der Waals surface area contributed by atoms with Crippen LogP contribution >= 0.6 is 11.8 Å². The van der Waals surface area contributed by atoms with Gasteiger partial charge < -0.3 is 0 Å². The quantitative estimate of drug-likeness (QED) is 0.550. The number of piperidine rings is 1. The van der Waals surface area contributed by atoms with Crippen LogP contribution in [0.25, 0.3) is 5.69 Å². The van der Waals surface area contributed by atoms with E-state index < -0.39 is 0 Å². The average molecular weight is 397 g/mol. The summed E-state index contributed by atoms with van der Waals surface area (Å²) in [7, 11) is 0. The van der Waals surface area contributed by atoms with Crippen molar-refractivity contribution in [1.29, 1.82) is 0 Å². The highest BCUT2D eigenvalue weighted by atomic mass is 32.2. The molecule has 0 aliphatic carbocycles. The van der Waals surface area contributed by atoms with Crippen LogP contribution in [0.3, 0.4) is 0 Å². The molecule has 0 amide bonds. The molecule has 0 spiro atoms. The Kier molecular flexibility index (Phi) is 6.07. The molecule has 0 atom stereocenters. The zero-order chi connectivity index (χ0) is 19.3. The van der Waals surface area contributed by atoms with Crippen LogP contribution in [0.1, 0.15) is 36.2 Å². The molecule has 1 aliphatic heterocycles. The smallest absolute Gasteiger partial charge is 0.196 e. The number of benzene rings is 2. The molecular weight excluding hydrogens is 371 g/mol. The van der Waals surface area contributed by atoms with Crippen LogP contribution < -0.4 is 0 Å². The van der Waals surface area contributed by atoms with Gasteiger partial charge in [-0.1, -0.05) is 48.0 Å². The molecule has 28 heavy (non-hydrogen) atoms. The highest BCUT2D eigenvalue weighted by Gasteiger charge is 2.19. The molecule has 0 unspecified atom stereocenters. The van der Waals surface area contributed by atoms with E-state index in [1.807, 2.05) is 0 Å². The number of likely N-dealkylation sites (tertiary alicyclic amines) is 1. The summed E-state index contributed by atoms with van der Waals surface area (Å²) in [6.07, 6.45) is 3.78. The van der Waals surface area contributed by atoms with Gasteiger partial charge in [-0.25, -0.2) is 4.39 Å². The Morgan fingerprint density at radius 2 is 1.79 bits per heavy atom. The number of thioether (sulfide) groups is 1. The molecule has 0 bridgehead atoms. The Hall–Kier alpha value is -2.18. The maximum Gasteiger partial charge on any atom is 0.196 e. The first-order valence-corrected chi connectivity index (χ1v) is 10.8. The maximum absolute atomic E-state index is 13.5. The molecule has 2 heterocycles. The minimum Gasteiger partial charge on any atom is -0.296 e. The van der Waals surface area contributed by atoms with Crippen molar-refractivity contribution in [3.8, 4) is 5.69 Å². The number of aromatic nitrogens is 3.